The molecule has 0 atom stereocenters. The number of carbonyl (C=O) groups is 1. The van der Waals surface area contributed by atoms with Crippen molar-refractivity contribution in [2.75, 3.05) is 5.32 Å². The first-order valence-corrected chi connectivity index (χ1v) is 6.64. The Morgan fingerprint density at radius 2 is 1.76 bits per heavy atom. The molecule has 0 aromatic heterocycles. The Morgan fingerprint density at radius 1 is 1.10 bits per heavy atom. The van der Waals surface area contributed by atoms with Crippen molar-refractivity contribution in [2.24, 2.45) is 0 Å². The van der Waals surface area contributed by atoms with Crippen molar-refractivity contribution >= 4 is 35.1 Å². The Balaban J connectivity index is 2.23. The zero-order valence-corrected chi connectivity index (χ0v) is 12.3. The van der Waals surface area contributed by atoms with Gasteiger partial charge in [-0.25, -0.2) is 4.79 Å². The molecule has 0 unspecified atom stereocenters. The highest BCUT2D eigenvalue weighted by atomic mass is 16.6. The van der Waals surface area contributed by atoms with E-state index in [0.717, 1.165) is 10.8 Å². The molecule has 0 saturated carbocycles. The minimum absolute atomic E-state index is 0.400. The van der Waals surface area contributed by atoms with Gasteiger partial charge in [0.2, 0.25) is 0 Å². The maximum atomic E-state index is 11.7. The van der Waals surface area contributed by atoms with Gasteiger partial charge in [-0.15, -0.1) is 0 Å². The molecule has 3 N–H and O–H groups in total. The molecular formula is C15H18BNO4. The van der Waals surface area contributed by atoms with E-state index in [1.54, 1.807) is 51.1 Å². The monoisotopic (exact) mass is 287 g/mol. The fourth-order valence-corrected chi connectivity index (χ4v) is 1.93. The van der Waals surface area contributed by atoms with Crippen LogP contribution in [0.15, 0.2) is 36.4 Å². The summed E-state index contributed by atoms with van der Waals surface area (Å²) < 4.78 is 5.19. The van der Waals surface area contributed by atoms with Crippen molar-refractivity contribution < 1.29 is 19.6 Å². The summed E-state index contributed by atoms with van der Waals surface area (Å²) in [5.41, 5.74) is 0.424. The molecule has 0 saturated heterocycles. The smallest absolute Gasteiger partial charge is 0.444 e. The van der Waals surface area contributed by atoms with Crippen molar-refractivity contribution in [3.8, 4) is 0 Å². The van der Waals surface area contributed by atoms with Crippen LogP contribution in [0.1, 0.15) is 20.8 Å². The van der Waals surface area contributed by atoms with Gasteiger partial charge in [0.25, 0.3) is 0 Å². The van der Waals surface area contributed by atoms with Crippen LogP contribution in [0.3, 0.4) is 0 Å². The molecular weight excluding hydrogens is 269 g/mol. The SMILES string of the molecule is CC(C)(C)OC(=O)Nc1ccc2ccc(B(O)O)cc2c1. The molecule has 0 spiro atoms. The van der Waals surface area contributed by atoms with E-state index in [1.807, 2.05) is 6.07 Å². The highest BCUT2D eigenvalue weighted by Crippen LogP contribution is 2.19. The summed E-state index contributed by atoms with van der Waals surface area (Å²) in [6, 6.07) is 10.5. The van der Waals surface area contributed by atoms with Gasteiger partial charge in [0, 0.05) is 5.69 Å². The number of hydrogen-bond donors (Lipinski definition) is 3. The Hall–Kier alpha value is -2.05. The third-order valence-electron chi connectivity index (χ3n) is 2.81. The van der Waals surface area contributed by atoms with Crippen LogP contribution in [0.25, 0.3) is 10.8 Å². The predicted molar refractivity (Wildman–Crippen MR) is 83.6 cm³/mol. The lowest BCUT2D eigenvalue weighted by molar-refractivity contribution is 0.0636. The molecule has 0 aliphatic carbocycles. The summed E-state index contributed by atoms with van der Waals surface area (Å²) >= 11 is 0. The topological polar surface area (TPSA) is 78.8 Å². The molecule has 0 aliphatic heterocycles. The summed E-state index contributed by atoms with van der Waals surface area (Å²) in [5, 5.41) is 22.8. The number of ether oxygens (including phenoxy) is 1. The minimum atomic E-state index is -1.52. The lowest BCUT2D eigenvalue weighted by Crippen LogP contribution is -2.29. The van der Waals surface area contributed by atoms with Gasteiger partial charge in [0.15, 0.2) is 0 Å². The summed E-state index contributed by atoms with van der Waals surface area (Å²) in [4.78, 5) is 11.7. The number of anilines is 1. The molecule has 5 nitrogen and oxygen atoms in total. The number of rotatable bonds is 2. The van der Waals surface area contributed by atoms with E-state index in [4.69, 9.17) is 4.74 Å². The van der Waals surface area contributed by atoms with Crippen LogP contribution in [0.4, 0.5) is 10.5 Å². The lowest BCUT2D eigenvalue weighted by atomic mass is 9.79. The highest BCUT2D eigenvalue weighted by molar-refractivity contribution is 6.58. The number of fused-ring (bicyclic) bond motifs is 1. The molecule has 0 fully saturated rings. The van der Waals surface area contributed by atoms with Crippen LogP contribution in [-0.4, -0.2) is 28.9 Å². The highest BCUT2D eigenvalue weighted by Gasteiger charge is 2.16. The molecule has 0 heterocycles. The fourth-order valence-electron chi connectivity index (χ4n) is 1.93. The van der Waals surface area contributed by atoms with Crippen molar-refractivity contribution in [3.63, 3.8) is 0 Å². The molecule has 21 heavy (non-hydrogen) atoms. The molecule has 0 bridgehead atoms. The first-order chi connectivity index (χ1) is 9.74. The van der Waals surface area contributed by atoms with Crippen molar-refractivity contribution in [1.29, 1.82) is 0 Å². The van der Waals surface area contributed by atoms with Gasteiger partial charge in [0.05, 0.1) is 0 Å². The van der Waals surface area contributed by atoms with Crippen LogP contribution < -0.4 is 10.8 Å². The molecule has 0 aliphatic rings. The lowest BCUT2D eigenvalue weighted by Gasteiger charge is -2.19. The summed E-state index contributed by atoms with van der Waals surface area (Å²) in [6.07, 6.45) is -0.528. The second-order valence-corrected chi connectivity index (χ2v) is 5.82. The third kappa shape index (κ3) is 4.21. The largest absolute Gasteiger partial charge is 0.488 e. The van der Waals surface area contributed by atoms with Crippen LogP contribution >= 0.6 is 0 Å². The zero-order chi connectivity index (χ0) is 15.6. The van der Waals surface area contributed by atoms with E-state index in [0.29, 0.717) is 11.2 Å². The second kappa shape index (κ2) is 5.75. The third-order valence-corrected chi connectivity index (χ3v) is 2.81. The number of carbonyl (C=O) groups excluding carboxylic acids is 1. The summed E-state index contributed by atoms with van der Waals surface area (Å²) in [5.74, 6) is 0. The Bertz CT molecular complexity index is 664. The van der Waals surface area contributed by atoms with Crippen LogP contribution in [0.5, 0.6) is 0 Å². The molecule has 0 radical (unpaired) electrons. The minimum Gasteiger partial charge on any atom is -0.444 e. The molecule has 2 aromatic rings. The Morgan fingerprint density at radius 3 is 2.38 bits per heavy atom. The van der Waals surface area contributed by atoms with Gasteiger partial charge >= 0.3 is 13.2 Å². The number of nitrogens with one attached hydrogen (secondary N) is 1. The quantitative estimate of drug-likeness (QED) is 0.737. The van der Waals surface area contributed by atoms with E-state index in [9.17, 15) is 14.8 Å². The summed E-state index contributed by atoms with van der Waals surface area (Å²) in [7, 11) is -1.52. The molecule has 6 heteroatoms. The van der Waals surface area contributed by atoms with Crippen LogP contribution in [-0.2, 0) is 4.74 Å². The molecule has 2 aromatic carbocycles. The average molecular weight is 287 g/mol. The van der Waals surface area contributed by atoms with Crippen LogP contribution in [0.2, 0.25) is 0 Å². The van der Waals surface area contributed by atoms with E-state index in [2.05, 4.69) is 5.32 Å². The van der Waals surface area contributed by atoms with E-state index >= 15 is 0 Å². The van der Waals surface area contributed by atoms with Gasteiger partial charge in [-0.05, 0) is 49.1 Å². The molecule has 2 rings (SSSR count). The van der Waals surface area contributed by atoms with E-state index < -0.39 is 18.8 Å². The van der Waals surface area contributed by atoms with Gasteiger partial charge < -0.3 is 14.8 Å². The maximum absolute atomic E-state index is 11.7. The number of amides is 1. The maximum Gasteiger partial charge on any atom is 0.488 e. The molecule has 1 amide bonds. The van der Waals surface area contributed by atoms with E-state index in [-0.39, 0.29) is 0 Å². The van der Waals surface area contributed by atoms with Gasteiger partial charge in [0.1, 0.15) is 5.60 Å². The van der Waals surface area contributed by atoms with Crippen molar-refractivity contribution in [3.05, 3.63) is 36.4 Å². The number of benzene rings is 2. The van der Waals surface area contributed by atoms with Crippen molar-refractivity contribution in [1.82, 2.24) is 0 Å². The predicted octanol–water partition coefficient (Wildman–Crippen LogP) is 1.87. The summed E-state index contributed by atoms with van der Waals surface area (Å²) in [6.45, 7) is 5.38. The van der Waals surface area contributed by atoms with Crippen molar-refractivity contribution in [2.45, 2.75) is 26.4 Å². The molecule has 110 valence electrons. The Labute approximate surface area is 123 Å². The van der Waals surface area contributed by atoms with Crippen LogP contribution in [0, 0.1) is 0 Å². The van der Waals surface area contributed by atoms with Gasteiger partial charge in [-0.3, -0.25) is 5.32 Å². The van der Waals surface area contributed by atoms with Gasteiger partial charge in [-0.1, -0.05) is 24.3 Å². The first kappa shape index (κ1) is 15.3. The zero-order valence-electron chi connectivity index (χ0n) is 12.3. The Kier molecular flexibility index (Phi) is 4.20. The fraction of sp³-hybridized carbons (Fsp3) is 0.267. The first-order valence-electron chi connectivity index (χ1n) is 6.64. The van der Waals surface area contributed by atoms with E-state index in [1.165, 1.54) is 0 Å². The second-order valence-electron chi connectivity index (χ2n) is 5.82. The number of hydrogen-bond acceptors (Lipinski definition) is 4. The standard InChI is InChI=1S/C15H18BNO4/c1-15(2,3)21-14(18)17-13-7-5-10-4-6-12(16(19)20)8-11(10)9-13/h4-9,19-20H,1-3H3,(H,17,18). The normalized spacial score (nSPS) is 11.3. The average Bonchev–Trinajstić information content (AvgIpc) is 2.35. The van der Waals surface area contributed by atoms with Gasteiger partial charge in [-0.2, -0.15) is 0 Å².